The molecule has 2 atom stereocenters. The average molecular weight is 316 g/mol. The molecular formula is C11H15Cl3NO3+. The minimum atomic E-state index is -1.60. The van der Waals surface area contributed by atoms with Gasteiger partial charge in [0.1, 0.15) is 24.5 Å². The summed E-state index contributed by atoms with van der Waals surface area (Å²) in [4.78, 5) is 23.7. The molecule has 102 valence electrons. The summed E-state index contributed by atoms with van der Waals surface area (Å²) in [7, 11) is 1.81. The number of rotatable bonds is 1. The van der Waals surface area contributed by atoms with Crippen LogP contribution >= 0.6 is 34.8 Å². The summed E-state index contributed by atoms with van der Waals surface area (Å²) in [5.74, 6) is 0.229. The molecule has 2 fully saturated rings. The van der Waals surface area contributed by atoms with E-state index >= 15 is 0 Å². The highest BCUT2D eigenvalue weighted by Gasteiger charge is 2.57. The fourth-order valence-electron chi connectivity index (χ4n) is 2.99. The molecule has 1 amide bonds. The van der Waals surface area contributed by atoms with E-state index in [1.807, 2.05) is 7.05 Å². The first-order valence-corrected chi connectivity index (χ1v) is 6.98. The molecule has 2 aliphatic rings. The van der Waals surface area contributed by atoms with E-state index < -0.39 is 9.89 Å². The highest BCUT2D eigenvalue weighted by Crippen LogP contribution is 2.40. The van der Waals surface area contributed by atoms with Crippen molar-refractivity contribution in [2.45, 2.75) is 41.6 Å². The Morgan fingerprint density at radius 2 is 1.83 bits per heavy atom. The summed E-state index contributed by atoms with van der Waals surface area (Å²) in [6.45, 7) is -0.266. The summed E-state index contributed by atoms with van der Waals surface area (Å²) < 4.78 is 3.64. The Bertz CT molecular complexity index is 364. The lowest BCUT2D eigenvalue weighted by Crippen LogP contribution is -2.61. The first-order chi connectivity index (χ1) is 8.23. The molecule has 0 N–H and O–H groups in total. The van der Waals surface area contributed by atoms with E-state index in [0.717, 1.165) is 12.8 Å². The number of halogens is 3. The van der Waals surface area contributed by atoms with Gasteiger partial charge >= 0.3 is 6.09 Å². The summed E-state index contributed by atoms with van der Waals surface area (Å²) >= 11 is 16.7. The van der Waals surface area contributed by atoms with Gasteiger partial charge in [-0.2, -0.15) is 4.79 Å². The Kier molecular flexibility index (Phi) is 3.85. The summed E-state index contributed by atoms with van der Waals surface area (Å²) in [6, 6.07) is 0.0262. The van der Waals surface area contributed by atoms with Crippen LogP contribution in [-0.2, 0) is 9.53 Å². The lowest BCUT2D eigenvalue weighted by molar-refractivity contribution is -0.875. The van der Waals surface area contributed by atoms with Crippen LogP contribution in [0.25, 0.3) is 0 Å². The number of amides is 1. The number of piperidine rings is 1. The van der Waals surface area contributed by atoms with Crippen LogP contribution in [0.1, 0.15) is 25.7 Å². The largest absolute Gasteiger partial charge is 0.516 e. The Balaban J connectivity index is 2.07. The smallest absolute Gasteiger partial charge is 0.416 e. The molecular weight excluding hydrogens is 300 g/mol. The quantitative estimate of drug-likeness (QED) is 0.552. The lowest BCUT2D eigenvalue weighted by Gasteiger charge is -2.39. The number of ether oxygens (including phenoxy) is 1. The van der Waals surface area contributed by atoms with Gasteiger partial charge in [-0.1, -0.05) is 34.8 Å². The molecule has 0 aliphatic carbocycles. The number of hydrogen-bond acceptors (Lipinski definition) is 3. The third kappa shape index (κ3) is 2.62. The molecule has 4 nitrogen and oxygen atoms in total. The minimum Gasteiger partial charge on any atom is -0.416 e. The zero-order chi connectivity index (χ0) is 13.6. The molecule has 18 heavy (non-hydrogen) atoms. The Labute approximate surface area is 121 Å². The Morgan fingerprint density at radius 1 is 1.33 bits per heavy atom. The van der Waals surface area contributed by atoms with Gasteiger partial charge in [0.05, 0.1) is 19.9 Å². The fourth-order valence-corrected chi connectivity index (χ4v) is 3.16. The van der Waals surface area contributed by atoms with Crippen molar-refractivity contribution in [2.24, 2.45) is 0 Å². The van der Waals surface area contributed by atoms with Crippen molar-refractivity contribution in [1.29, 1.82) is 0 Å². The summed E-state index contributed by atoms with van der Waals surface area (Å²) in [5.41, 5.74) is 0. The van der Waals surface area contributed by atoms with Gasteiger partial charge < -0.3 is 4.74 Å². The van der Waals surface area contributed by atoms with Gasteiger partial charge in [-0.05, 0) is 0 Å². The number of hydrogen-bond donors (Lipinski definition) is 0. The maximum Gasteiger partial charge on any atom is 0.516 e. The van der Waals surface area contributed by atoms with Crippen LogP contribution in [0, 0.1) is 0 Å². The topological polar surface area (TPSA) is 43.4 Å². The molecule has 2 rings (SSSR count). The molecule has 2 saturated heterocycles. The molecule has 0 saturated carbocycles. The van der Waals surface area contributed by atoms with Crippen molar-refractivity contribution in [1.82, 2.24) is 0 Å². The third-order valence-electron chi connectivity index (χ3n) is 4.03. The normalized spacial score (nSPS) is 35.7. The van der Waals surface area contributed by atoms with E-state index in [0.29, 0.717) is 12.8 Å². The number of fused-ring (bicyclic) bond motifs is 2. The van der Waals surface area contributed by atoms with E-state index in [-0.39, 0.29) is 29.0 Å². The van der Waals surface area contributed by atoms with Gasteiger partial charge in [0.2, 0.25) is 3.79 Å². The molecule has 0 radical (unpaired) electrons. The predicted molar refractivity (Wildman–Crippen MR) is 68.9 cm³/mol. The highest BCUT2D eigenvalue weighted by atomic mass is 35.6. The van der Waals surface area contributed by atoms with Crippen LogP contribution < -0.4 is 0 Å². The van der Waals surface area contributed by atoms with Crippen LogP contribution in [0.15, 0.2) is 0 Å². The van der Waals surface area contributed by atoms with Crippen LogP contribution in [0.2, 0.25) is 0 Å². The Morgan fingerprint density at radius 3 is 2.28 bits per heavy atom. The molecule has 2 aliphatic heterocycles. The van der Waals surface area contributed by atoms with E-state index in [2.05, 4.69) is 0 Å². The number of Topliss-reactive ketones (excluding diaryl/α,β-unsaturated/α-hetero) is 1. The van der Waals surface area contributed by atoms with E-state index in [1.165, 1.54) is 0 Å². The highest BCUT2D eigenvalue weighted by molar-refractivity contribution is 6.67. The van der Waals surface area contributed by atoms with Gasteiger partial charge in [0.15, 0.2) is 0 Å². The van der Waals surface area contributed by atoms with Gasteiger partial charge in [-0.15, -0.1) is 0 Å². The second-order valence-electron chi connectivity index (χ2n) is 5.15. The van der Waals surface area contributed by atoms with Crippen LogP contribution in [-0.4, -0.2) is 45.9 Å². The van der Waals surface area contributed by atoms with Crippen molar-refractivity contribution < 1.29 is 18.8 Å². The minimum absolute atomic E-state index is 0.0131. The molecule has 0 aromatic carbocycles. The van der Waals surface area contributed by atoms with Crippen LogP contribution in [0.4, 0.5) is 4.79 Å². The standard InChI is InChI=1S/C11H15Cl3NO3/c1-15(10(17)18-6-11(12,13)14)7-2-3-8(15)5-9(16)4-7/h7-8H,2-6H2,1H3/q+1. The number of nitrogens with zero attached hydrogens (tertiary/aromatic N) is 1. The van der Waals surface area contributed by atoms with Crippen LogP contribution in [0.5, 0.6) is 0 Å². The molecule has 7 heteroatoms. The van der Waals surface area contributed by atoms with Crippen molar-refractivity contribution in [3.8, 4) is 0 Å². The maximum absolute atomic E-state index is 12.2. The zero-order valence-electron chi connectivity index (χ0n) is 10.00. The van der Waals surface area contributed by atoms with Crippen molar-refractivity contribution in [2.75, 3.05) is 13.7 Å². The van der Waals surface area contributed by atoms with E-state index in [9.17, 15) is 9.59 Å². The second-order valence-corrected chi connectivity index (χ2v) is 7.67. The van der Waals surface area contributed by atoms with Gasteiger partial charge in [0.25, 0.3) is 0 Å². The van der Waals surface area contributed by atoms with Gasteiger partial charge in [0, 0.05) is 12.8 Å². The fraction of sp³-hybridized carbons (Fsp3) is 0.818. The number of ketones is 1. The van der Waals surface area contributed by atoms with Crippen molar-refractivity contribution in [3.63, 3.8) is 0 Å². The number of quaternary nitrogens is 1. The third-order valence-corrected chi connectivity index (χ3v) is 4.36. The van der Waals surface area contributed by atoms with Crippen LogP contribution in [0.3, 0.4) is 0 Å². The molecule has 2 bridgehead atoms. The number of alkyl halides is 3. The number of carbonyl (C=O) groups is 2. The maximum atomic E-state index is 12.2. The first-order valence-electron chi connectivity index (χ1n) is 5.85. The monoisotopic (exact) mass is 314 g/mol. The molecule has 0 aromatic rings. The lowest BCUT2D eigenvalue weighted by atomic mass is 9.99. The molecule has 0 spiro atoms. The molecule has 2 heterocycles. The predicted octanol–water partition coefficient (Wildman–Crippen LogP) is 2.83. The number of carbonyl (C=O) groups excluding carboxylic acids is 2. The SMILES string of the molecule is C[N+]1(C(=O)OCC(Cl)(Cl)Cl)C2CCC1CC(=O)C2. The van der Waals surface area contributed by atoms with Gasteiger partial charge in [-0.3, -0.25) is 4.79 Å². The van der Waals surface area contributed by atoms with E-state index in [4.69, 9.17) is 39.5 Å². The van der Waals surface area contributed by atoms with Gasteiger partial charge in [-0.25, -0.2) is 4.48 Å². The average Bonchev–Trinajstić information content (AvgIpc) is 2.47. The summed E-state index contributed by atoms with van der Waals surface area (Å²) in [6.07, 6.45) is 2.22. The van der Waals surface area contributed by atoms with Crippen molar-refractivity contribution >= 4 is 46.7 Å². The van der Waals surface area contributed by atoms with E-state index in [1.54, 1.807) is 0 Å². The first kappa shape index (κ1) is 14.4. The molecule has 0 aromatic heterocycles. The summed E-state index contributed by atoms with van der Waals surface area (Å²) in [5, 5.41) is 0. The van der Waals surface area contributed by atoms with Crippen molar-refractivity contribution in [3.05, 3.63) is 0 Å². The second kappa shape index (κ2) is 4.82. The Hall–Kier alpha value is -0.0300. The molecule has 2 unspecified atom stereocenters. The zero-order valence-corrected chi connectivity index (χ0v) is 12.3.